The summed E-state index contributed by atoms with van der Waals surface area (Å²) in [5, 5.41) is 3.04. The highest BCUT2D eigenvalue weighted by Crippen LogP contribution is 2.06. The highest BCUT2D eigenvalue weighted by Gasteiger charge is 2.13. The molecule has 16 heavy (non-hydrogen) atoms. The van der Waals surface area contributed by atoms with Crippen LogP contribution in [-0.2, 0) is 11.2 Å². The number of carbonyl (C=O) groups excluding carboxylic acids is 1. The van der Waals surface area contributed by atoms with Gasteiger partial charge in [-0.25, -0.2) is 9.78 Å². The normalized spacial score (nSPS) is 14.6. The third kappa shape index (κ3) is 3.03. The zero-order chi connectivity index (χ0) is 11.4. The fourth-order valence-electron chi connectivity index (χ4n) is 1.30. The van der Waals surface area contributed by atoms with Crippen molar-refractivity contribution in [3.63, 3.8) is 0 Å². The van der Waals surface area contributed by atoms with Gasteiger partial charge in [0, 0.05) is 12.7 Å². The summed E-state index contributed by atoms with van der Waals surface area (Å²) in [5.74, 6) is 0.593. The topological polar surface area (TPSA) is 63.6 Å². The number of aromatic nitrogens is 1. The summed E-state index contributed by atoms with van der Waals surface area (Å²) < 4.78 is 5.48. The van der Waals surface area contributed by atoms with Gasteiger partial charge in [-0.1, -0.05) is 6.07 Å². The van der Waals surface area contributed by atoms with Crippen molar-refractivity contribution in [2.45, 2.75) is 6.42 Å². The monoisotopic (exact) mass is 283 g/mol. The first kappa shape index (κ1) is 11.1. The Morgan fingerprint density at radius 1 is 1.50 bits per heavy atom. The zero-order valence-electron chi connectivity index (χ0n) is 8.44. The second kappa shape index (κ2) is 5.07. The number of carbonyl (C=O) groups is 1. The predicted molar refractivity (Wildman–Crippen MR) is 62.4 cm³/mol. The van der Waals surface area contributed by atoms with E-state index in [-0.39, 0.29) is 6.61 Å². The molecular weight excluding hydrogens is 274 g/mol. The van der Waals surface area contributed by atoms with Gasteiger partial charge < -0.3 is 10.1 Å². The molecule has 0 radical (unpaired) electrons. The Bertz CT molecular complexity index is 417. The number of aliphatic imine (C=N–C) groups is 1. The lowest BCUT2D eigenvalue weighted by Gasteiger charge is -2.03. The molecule has 1 aromatic rings. The minimum atomic E-state index is -0.521. The second-order valence-corrected chi connectivity index (χ2v) is 4.09. The van der Waals surface area contributed by atoms with Crippen LogP contribution in [0.5, 0.6) is 0 Å². The van der Waals surface area contributed by atoms with Crippen molar-refractivity contribution < 1.29 is 9.53 Å². The van der Waals surface area contributed by atoms with Crippen molar-refractivity contribution >= 4 is 27.9 Å². The predicted octanol–water partition coefficient (Wildman–Crippen LogP) is 1.52. The van der Waals surface area contributed by atoms with Gasteiger partial charge in [0.25, 0.3) is 0 Å². The summed E-state index contributed by atoms with van der Waals surface area (Å²) >= 11 is 3.27. The number of pyridine rings is 1. The van der Waals surface area contributed by atoms with Crippen molar-refractivity contribution in [2.75, 3.05) is 13.2 Å². The number of nitrogens with one attached hydrogen (secondary N) is 1. The lowest BCUT2D eigenvalue weighted by molar-refractivity contribution is 0.180. The maximum Gasteiger partial charge on any atom is 0.435 e. The van der Waals surface area contributed by atoms with Crippen LogP contribution in [0.25, 0.3) is 0 Å². The van der Waals surface area contributed by atoms with Gasteiger partial charge in [-0.05, 0) is 34.0 Å². The van der Waals surface area contributed by atoms with E-state index in [0.717, 1.165) is 16.6 Å². The summed E-state index contributed by atoms with van der Waals surface area (Å²) in [6.45, 7) is 0.955. The second-order valence-electron chi connectivity index (χ2n) is 3.28. The van der Waals surface area contributed by atoms with Gasteiger partial charge >= 0.3 is 6.09 Å². The molecule has 0 saturated heterocycles. The van der Waals surface area contributed by atoms with Gasteiger partial charge in [-0.3, -0.25) is 0 Å². The molecule has 2 heterocycles. The standard InChI is InChI=1S/C10H10BrN3O2/c11-8-2-1-7(5-13-8)3-4-12-9-6-16-10(15)14-9/h1-2,5H,3-4,6H2,(H,12,14,15). The van der Waals surface area contributed by atoms with Crippen molar-refractivity contribution in [3.8, 4) is 0 Å². The van der Waals surface area contributed by atoms with E-state index in [2.05, 4.69) is 36.0 Å². The molecular formula is C10H10BrN3O2. The van der Waals surface area contributed by atoms with Gasteiger partial charge in [0.2, 0.25) is 0 Å². The maximum absolute atomic E-state index is 10.7. The molecule has 2 rings (SSSR count). The number of halogens is 1. The average Bonchev–Trinajstić information content (AvgIpc) is 2.67. The molecule has 1 aromatic heterocycles. The van der Waals surface area contributed by atoms with Gasteiger partial charge in [-0.15, -0.1) is 0 Å². The molecule has 0 aromatic carbocycles. The molecule has 0 aliphatic carbocycles. The zero-order valence-corrected chi connectivity index (χ0v) is 10.0. The van der Waals surface area contributed by atoms with E-state index in [1.807, 2.05) is 18.3 Å². The van der Waals surface area contributed by atoms with Gasteiger partial charge in [-0.2, -0.15) is 4.99 Å². The van der Waals surface area contributed by atoms with E-state index in [0.29, 0.717) is 12.4 Å². The first-order valence-corrected chi connectivity index (χ1v) is 5.62. The van der Waals surface area contributed by atoms with Crippen LogP contribution < -0.4 is 5.32 Å². The van der Waals surface area contributed by atoms with Gasteiger partial charge in [0.15, 0.2) is 6.61 Å². The first-order chi connectivity index (χ1) is 7.74. The smallest absolute Gasteiger partial charge is 0.435 e. The van der Waals surface area contributed by atoms with Crippen LogP contribution >= 0.6 is 15.9 Å². The van der Waals surface area contributed by atoms with E-state index in [4.69, 9.17) is 0 Å². The summed E-state index contributed by atoms with van der Waals surface area (Å²) in [6.07, 6.45) is 2.12. The van der Waals surface area contributed by atoms with Crippen LogP contribution in [0, 0.1) is 0 Å². The Morgan fingerprint density at radius 2 is 2.38 bits per heavy atom. The first-order valence-electron chi connectivity index (χ1n) is 4.82. The number of cyclic esters (lactones) is 1. The minimum Gasteiger partial charge on any atom is -0.440 e. The lowest BCUT2D eigenvalue weighted by atomic mass is 10.2. The molecule has 1 amide bonds. The molecule has 84 valence electrons. The number of ether oxygens (including phenoxy) is 1. The van der Waals surface area contributed by atoms with Crippen LogP contribution in [0.2, 0.25) is 0 Å². The molecule has 1 aliphatic heterocycles. The van der Waals surface area contributed by atoms with E-state index < -0.39 is 6.09 Å². The molecule has 0 unspecified atom stereocenters. The summed E-state index contributed by atoms with van der Waals surface area (Å²) in [4.78, 5) is 18.4. The van der Waals surface area contributed by atoms with Crippen molar-refractivity contribution in [1.82, 2.24) is 10.3 Å². The quantitative estimate of drug-likeness (QED) is 0.855. The number of amides is 1. The number of hydrogen-bond donors (Lipinski definition) is 1. The lowest BCUT2D eigenvalue weighted by Crippen LogP contribution is -2.26. The Balaban J connectivity index is 1.78. The Kier molecular flexibility index (Phi) is 3.51. The molecule has 0 bridgehead atoms. The summed E-state index contributed by atoms with van der Waals surface area (Å²) in [6, 6.07) is 3.89. The highest BCUT2D eigenvalue weighted by atomic mass is 79.9. The maximum atomic E-state index is 10.7. The van der Waals surface area contributed by atoms with E-state index >= 15 is 0 Å². The third-order valence-electron chi connectivity index (χ3n) is 2.09. The summed E-state index contributed by atoms with van der Waals surface area (Å²) in [7, 11) is 0. The number of rotatable bonds is 3. The van der Waals surface area contributed by atoms with Crippen LogP contribution in [0.1, 0.15) is 5.56 Å². The molecule has 5 nitrogen and oxygen atoms in total. The Labute approximate surface area is 101 Å². The fourth-order valence-corrected chi connectivity index (χ4v) is 1.54. The molecule has 6 heteroatoms. The van der Waals surface area contributed by atoms with E-state index in [1.54, 1.807) is 0 Å². The van der Waals surface area contributed by atoms with Crippen LogP contribution in [0.15, 0.2) is 27.9 Å². The molecule has 1 aliphatic rings. The fraction of sp³-hybridized carbons (Fsp3) is 0.300. The Hall–Kier alpha value is -1.43. The molecule has 1 N–H and O–H groups in total. The number of amidine groups is 1. The molecule has 0 fully saturated rings. The van der Waals surface area contributed by atoms with Crippen molar-refractivity contribution in [3.05, 3.63) is 28.5 Å². The van der Waals surface area contributed by atoms with Crippen molar-refractivity contribution in [2.24, 2.45) is 4.99 Å². The average molecular weight is 284 g/mol. The van der Waals surface area contributed by atoms with E-state index in [9.17, 15) is 4.79 Å². The summed E-state index contributed by atoms with van der Waals surface area (Å²) in [5.41, 5.74) is 1.13. The van der Waals surface area contributed by atoms with Crippen LogP contribution in [0.3, 0.4) is 0 Å². The SMILES string of the molecule is O=C1N=C(NCCc2ccc(Br)nc2)CO1. The van der Waals surface area contributed by atoms with Gasteiger partial charge in [0.05, 0.1) is 0 Å². The number of hydrogen-bond acceptors (Lipinski definition) is 4. The van der Waals surface area contributed by atoms with Crippen LogP contribution in [-0.4, -0.2) is 30.1 Å². The van der Waals surface area contributed by atoms with E-state index in [1.165, 1.54) is 0 Å². The Morgan fingerprint density at radius 3 is 3.00 bits per heavy atom. The van der Waals surface area contributed by atoms with Gasteiger partial charge in [0.1, 0.15) is 10.4 Å². The highest BCUT2D eigenvalue weighted by molar-refractivity contribution is 9.10. The third-order valence-corrected chi connectivity index (χ3v) is 2.56. The molecule has 0 saturated carbocycles. The molecule has 0 atom stereocenters. The number of nitrogens with zero attached hydrogens (tertiary/aromatic N) is 2. The largest absolute Gasteiger partial charge is 0.440 e. The van der Waals surface area contributed by atoms with Crippen molar-refractivity contribution in [1.29, 1.82) is 0 Å². The minimum absolute atomic E-state index is 0.247. The molecule has 0 spiro atoms. The van der Waals surface area contributed by atoms with Crippen LogP contribution in [0.4, 0.5) is 4.79 Å².